The Labute approximate surface area is 150 Å². The second-order valence-corrected chi connectivity index (χ2v) is 7.89. The third-order valence-electron chi connectivity index (χ3n) is 5.46. The number of likely N-dealkylation sites (N-methyl/N-ethyl adjacent to an activating group) is 2. The Morgan fingerprint density at radius 1 is 1.20 bits per heavy atom. The zero-order valence-corrected chi connectivity index (χ0v) is 16.0. The molecule has 138 valence electrons. The first-order valence-electron chi connectivity index (χ1n) is 9.31. The van der Waals surface area contributed by atoms with Gasteiger partial charge in [0.2, 0.25) is 0 Å². The van der Waals surface area contributed by atoms with Gasteiger partial charge in [-0.15, -0.1) is 0 Å². The number of fused-ring (bicyclic) bond motifs is 1. The summed E-state index contributed by atoms with van der Waals surface area (Å²) in [5, 5.41) is 0. The van der Waals surface area contributed by atoms with Crippen molar-refractivity contribution in [2.45, 2.75) is 52.1 Å². The molecule has 3 heterocycles. The summed E-state index contributed by atoms with van der Waals surface area (Å²) in [6.45, 7) is 9.12. The zero-order valence-electron chi connectivity index (χ0n) is 16.0. The van der Waals surface area contributed by atoms with Crippen molar-refractivity contribution in [3.8, 4) is 0 Å². The maximum Gasteiger partial charge on any atom is 0.333 e. The molecule has 0 aromatic carbocycles. The summed E-state index contributed by atoms with van der Waals surface area (Å²) < 4.78 is 2.11. The minimum atomic E-state index is -0.467. The smallest absolute Gasteiger partial charge is 0.289 e. The van der Waals surface area contributed by atoms with Gasteiger partial charge < -0.3 is 0 Å². The number of piperidine rings is 1. The number of amidine groups is 2. The van der Waals surface area contributed by atoms with Gasteiger partial charge in [-0.1, -0.05) is 20.3 Å². The Morgan fingerprint density at radius 3 is 2.56 bits per heavy atom. The standard InChI is InChI=1S/C18H30N5O2/c1-12(2)10-23-14(11-22-9-7-6-8-13(22)3)19-16-15(23)17(24)21(5)18(25)20(16)4/h12-13,15H,6-11H2,1-5H3/q+1. The highest BCUT2D eigenvalue weighted by molar-refractivity contribution is 6.23. The predicted molar refractivity (Wildman–Crippen MR) is 97.0 cm³/mol. The maximum absolute atomic E-state index is 12.8. The summed E-state index contributed by atoms with van der Waals surface area (Å²) in [5.74, 6) is 1.73. The predicted octanol–water partition coefficient (Wildman–Crippen LogP) is 1.23. The number of hydrogen-bond donors (Lipinski definition) is 0. The molecule has 0 saturated carbocycles. The first kappa shape index (κ1) is 18.0. The molecule has 0 aliphatic carbocycles. The van der Waals surface area contributed by atoms with Gasteiger partial charge in [0.1, 0.15) is 6.54 Å². The summed E-state index contributed by atoms with van der Waals surface area (Å²) in [6, 6.07) is -0.245. The molecule has 2 unspecified atom stereocenters. The fraction of sp³-hybridized carbons (Fsp3) is 0.778. The number of hydrogen-bond acceptors (Lipinski definition) is 4. The molecule has 0 N–H and O–H groups in total. The number of carbonyl (C=O) groups is 2. The van der Waals surface area contributed by atoms with Crippen molar-refractivity contribution in [1.29, 1.82) is 0 Å². The Hall–Kier alpha value is -1.76. The van der Waals surface area contributed by atoms with Crippen LogP contribution in [0.1, 0.15) is 40.0 Å². The number of aliphatic imine (C=N–C) groups is 1. The van der Waals surface area contributed by atoms with Crippen LogP contribution in [-0.2, 0) is 4.79 Å². The van der Waals surface area contributed by atoms with E-state index in [1.54, 1.807) is 14.1 Å². The van der Waals surface area contributed by atoms with Crippen LogP contribution >= 0.6 is 0 Å². The monoisotopic (exact) mass is 348 g/mol. The minimum Gasteiger partial charge on any atom is -0.289 e. The van der Waals surface area contributed by atoms with E-state index in [-0.39, 0.29) is 11.9 Å². The van der Waals surface area contributed by atoms with Crippen molar-refractivity contribution in [1.82, 2.24) is 14.7 Å². The molecule has 2 saturated heterocycles. The Balaban J connectivity index is 1.94. The van der Waals surface area contributed by atoms with Crippen molar-refractivity contribution in [3.05, 3.63) is 0 Å². The van der Waals surface area contributed by atoms with E-state index in [1.807, 2.05) is 0 Å². The highest BCUT2D eigenvalue weighted by Gasteiger charge is 2.53. The average Bonchev–Trinajstić information content (AvgIpc) is 2.91. The van der Waals surface area contributed by atoms with Gasteiger partial charge in [-0.05, 0) is 37.2 Å². The van der Waals surface area contributed by atoms with E-state index >= 15 is 0 Å². The number of nitrogens with zero attached hydrogens (tertiary/aromatic N) is 5. The fourth-order valence-corrected chi connectivity index (χ4v) is 3.95. The number of carbonyl (C=O) groups excluding carboxylic acids is 2. The molecule has 7 nitrogen and oxygen atoms in total. The second-order valence-electron chi connectivity index (χ2n) is 7.89. The summed E-state index contributed by atoms with van der Waals surface area (Å²) in [7, 11) is 3.26. The van der Waals surface area contributed by atoms with Gasteiger partial charge in [0.15, 0.2) is 0 Å². The molecule has 0 radical (unpaired) electrons. The number of imide groups is 1. The fourth-order valence-electron chi connectivity index (χ4n) is 3.95. The van der Waals surface area contributed by atoms with Gasteiger partial charge in [-0.25, -0.2) is 9.37 Å². The topological polar surface area (TPSA) is 59.2 Å². The van der Waals surface area contributed by atoms with Gasteiger partial charge in [-0.2, -0.15) is 0 Å². The lowest BCUT2D eigenvalue weighted by Crippen LogP contribution is -2.61. The minimum absolute atomic E-state index is 0.177. The van der Waals surface area contributed by atoms with Gasteiger partial charge in [0.05, 0.1) is 6.54 Å². The molecule has 25 heavy (non-hydrogen) atoms. The molecule has 2 atom stereocenters. The van der Waals surface area contributed by atoms with E-state index in [1.165, 1.54) is 29.1 Å². The lowest BCUT2D eigenvalue weighted by atomic mass is 10.0. The van der Waals surface area contributed by atoms with Gasteiger partial charge in [-0.3, -0.25) is 19.5 Å². The number of likely N-dealkylation sites (tertiary alicyclic amines) is 1. The van der Waals surface area contributed by atoms with Crippen LogP contribution < -0.4 is 0 Å². The van der Waals surface area contributed by atoms with Gasteiger partial charge in [0, 0.05) is 20.1 Å². The highest BCUT2D eigenvalue weighted by atomic mass is 16.2. The maximum atomic E-state index is 12.8. The molecule has 3 aliphatic rings. The molecule has 0 bridgehead atoms. The van der Waals surface area contributed by atoms with Crippen LogP contribution in [0.25, 0.3) is 0 Å². The van der Waals surface area contributed by atoms with Crippen molar-refractivity contribution in [3.63, 3.8) is 0 Å². The van der Waals surface area contributed by atoms with E-state index in [4.69, 9.17) is 4.99 Å². The lowest BCUT2D eigenvalue weighted by molar-refractivity contribution is -0.542. The van der Waals surface area contributed by atoms with Crippen molar-refractivity contribution >= 4 is 23.6 Å². The Kier molecular flexibility index (Phi) is 4.95. The van der Waals surface area contributed by atoms with E-state index in [0.717, 1.165) is 25.5 Å². The Bertz CT molecular complexity index is 639. The molecule has 3 rings (SSSR count). The summed E-state index contributed by atoms with van der Waals surface area (Å²) in [6.07, 6.45) is 3.69. The average molecular weight is 348 g/mol. The van der Waals surface area contributed by atoms with E-state index in [9.17, 15) is 9.59 Å². The molecule has 0 aromatic heterocycles. The van der Waals surface area contributed by atoms with Crippen molar-refractivity contribution in [2.75, 3.05) is 33.7 Å². The number of amides is 3. The first-order valence-corrected chi connectivity index (χ1v) is 9.31. The van der Waals surface area contributed by atoms with Crippen molar-refractivity contribution < 1.29 is 14.2 Å². The molecule has 2 fully saturated rings. The summed E-state index contributed by atoms with van der Waals surface area (Å²) in [5.41, 5.74) is 0. The molecule has 0 aromatic rings. The van der Waals surface area contributed by atoms with Crippen LogP contribution in [0.3, 0.4) is 0 Å². The van der Waals surface area contributed by atoms with Crippen LogP contribution in [0.15, 0.2) is 4.99 Å². The van der Waals surface area contributed by atoms with Crippen molar-refractivity contribution in [2.24, 2.45) is 10.9 Å². The number of urea groups is 1. The van der Waals surface area contributed by atoms with Gasteiger partial charge >= 0.3 is 11.9 Å². The molecule has 0 spiro atoms. The SMILES string of the molecule is CC(C)C[N+]1=C(CN2CCCCC2C)N=C2C1C(=O)N(C)C(=O)N2C. The third kappa shape index (κ3) is 3.21. The largest absolute Gasteiger partial charge is 0.333 e. The van der Waals surface area contributed by atoms with Crippen LogP contribution in [-0.4, -0.2) is 88.7 Å². The van der Waals surface area contributed by atoms with Crippen LogP contribution in [0.5, 0.6) is 0 Å². The molecular formula is C18H30N5O2+. The second kappa shape index (κ2) is 6.86. The molecule has 3 aliphatic heterocycles. The highest BCUT2D eigenvalue weighted by Crippen LogP contribution is 2.22. The third-order valence-corrected chi connectivity index (χ3v) is 5.46. The van der Waals surface area contributed by atoms with Crippen LogP contribution in [0, 0.1) is 5.92 Å². The summed E-state index contributed by atoms with van der Waals surface area (Å²) in [4.78, 5) is 35.0. The van der Waals surface area contributed by atoms with E-state index in [2.05, 4.69) is 30.2 Å². The first-order chi connectivity index (χ1) is 11.8. The van der Waals surface area contributed by atoms with E-state index in [0.29, 0.717) is 17.8 Å². The van der Waals surface area contributed by atoms with Crippen LogP contribution in [0.4, 0.5) is 4.79 Å². The lowest BCUT2D eigenvalue weighted by Gasteiger charge is -2.32. The van der Waals surface area contributed by atoms with Crippen LogP contribution in [0.2, 0.25) is 0 Å². The normalized spacial score (nSPS) is 28.2. The quantitative estimate of drug-likeness (QED) is 0.718. The molecule has 3 amide bonds. The van der Waals surface area contributed by atoms with Gasteiger partial charge in [0.25, 0.3) is 17.8 Å². The number of rotatable bonds is 4. The molecular weight excluding hydrogens is 318 g/mol. The molecule has 7 heteroatoms. The Morgan fingerprint density at radius 2 is 1.92 bits per heavy atom. The summed E-state index contributed by atoms with van der Waals surface area (Å²) >= 11 is 0. The zero-order chi connectivity index (χ0) is 18.3. The van der Waals surface area contributed by atoms with E-state index < -0.39 is 6.04 Å².